The van der Waals surface area contributed by atoms with Crippen LogP contribution in [0.2, 0.25) is 0 Å². The minimum Gasteiger partial charge on any atom is -0.389 e. The van der Waals surface area contributed by atoms with Crippen LogP contribution < -0.4 is 10.6 Å². The molecule has 0 fully saturated rings. The van der Waals surface area contributed by atoms with Crippen LogP contribution in [0.4, 0.5) is 5.69 Å². The molecule has 1 heterocycles. The maximum Gasteiger partial charge on any atom is 0.105 e. The third kappa shape index (κ3) is 3.11. The Balaban J connectivity index is 1.83. The van der Waals surface area contributed by atoms with E-state index in [4.69, 9.17) is 18.0 Å². The molecule has 108 valence electrons. The molecule has 21 heavy (non-hydrogen) atoms. The topological polar surface area (TPSA) is 29.3 Å². The zero-order valence-corrected chi connectivity index (χ0v) is 14.1. The van der Waals surface area contributed by atoms with Crippen LogP contribution in [-0.4, -0.2) is 18.1 Å². The second-order valence-corrected chi connectivity index (χ2v) is 6.58. The van der Waals surface area contributed by atoms with Crippen molar-refractivity contribution in [3.05, 3.63) is 63.6 Å². The molecule has 0 saturated carbocycles. The number of halogens is 1. The van der Waals surface area contributed by atoms with Crippen LogP contribution in [0.25, 0.3) is 0 Å². The molecule has 1 aliphatic heterocycles. The first-order valence-electron chi connectivity index (χ1n) is 7.06. The number of nitrogens with two attached hydrogens (primary N) is 1. The van der Waals surface area contributed by atoms with Gasteiger partial charge in [-0.1, -0.05) is 36.5 Å². The smallest absolute Gasteiger partial charge is 0.105 e. The summed E-state index contributed by atoms with van der Waals surface area (Å²) in [6, 6.07) is 15.0. The van der Waals surface area contributed by atoms with Gasteiger partial charge in [-0.15, -0.1) is 0 Å². The lowest BCUT2D eigenvalue weighted by Crippen LogP contribution is -2.26. The fraction of sp³-hybridized carbons (Fsp3) is 0.235. The summed E-state index contributed by atoms with van der Waals surface area (Å²) < 4.78 is 0.967. The van der Waals surface area contributed by atoms with E-state index in [-0.39, 0.29) is 0 Å². The van der Waals surface area contributed by atoms with Gasteiger partial charge in [0, 0.05) is 28.8 Å². The molecule has 4 heteroatoms. The minimum atomic E-state index is 0.427. The van der Waals surface area contributed by atoms with Crippen molar-refractivity contribution in [1.82, 2.24) is 0 Å². The maximum absolute atomic E-state index is 5.71. The minimum absolute atomic E-state index is 0.427. The number of benzene rings is 2. The molecule has 0 spiro atoms. The number of thiocarbonyl (C=S) groups is 1. The SMILES string of the molecule is NC(=S)c1ccc(N2CCc3ccccc3CC2)cc1Br. The molecule has 0 unspecified atom stereocenters. The van der Waals surface area contributed by atoms with E-state index in [0.717, 1.165) is 36.0 Å². The fourth-order valence-electron chi connectivity index (χ4n) is 2.83. The lowest BCUT2D eigenvalue weighted by Gasteiger charge is -2.23. The number of hydrogen-bond acceptors (Lipinski definition) is 2. The van der Waals surface area contributed by atoms with Gasteiger partial charge in [0.2, 0.25) is 0 Å². The van der Waals surface area contributed by atoms with E-state index in [9.17, 15) is 0 Å². The molecule has 0 radical (unpaired) electrons. The molecule has 1 aliphatic rings. The van der Waals surface area contributed by atoms with Gasteiger partial charge in [-0.3, -0.25) is 0 Å². The van der Waals surface area contributed by atoms with Crippen molar-refractivity contribution >= 4 is 38.8 Å². The van der Waals surface area contributed by atoms with E-state index >= 15 is 0 Å². The Morgan fingerprint density at radius 2 is 1.67 bits per heavy atom. The average molecular weight is 361 g/mol. The Hall–Kier alpha value is -1.39. The van der Waals surface area contributed by atoms with Gasteiger partial charge in [0.1, 0.15) is 4.99 Å². The first-order chi connectivity index (χ1) is 10.1. The number of nitrogens with zero attached hydrogens (tertiary/aromatic N) is 1. The first kappa shape index (κ1) is 14.5. The van der Waals surface area contributed by atoms with Crippen LogP contribution >= 0.6 is 28.1 Å². The number of anilines is 1. The molecule has 3 rings (SSSR count). The second kappa shape index (κ2) is 6.16. The van der Waals surface area contributed by atoms with Crippen LogP contribution in [0.3, 0.4) is 0 Å². The molecule has 2 aromatic rings. The van der Waals surface area contributed by atoms with E-state index in [2.05, 4.69) is 57.2 Å². The molecule has 2 N–H and O–H groups in total. The monoisotopic (exact) mass is 360 g/mol. The Bertz CT molecular complexity index is 657. The Kier molecular flexibility index (Phi) is 4.27. The van der Waals surface area contributed by atoms with Gasteiger partial charge in [0.15, 0.2) is 0 Å². The molecular formula is C17H17BrN2S. The predicted octanol–water partition coefficient (Wildman–Crippen LogP) is 3.69. The predicted molar refractivity (Wildman–Crippen MR) is 96.1 cm³/mol. The van der Waals surface area contributed by atoms with Gasteiger partial charge < -0.3 is 10.6 Å². The van der Waals surface area contributed by atoms with Crippen LogP contribution in [0.5, 0.6) is 0 Å². The zero-order valence-electron chi connectivity index (χ0n) is 11.7. The summed E-state index contributed by atoms with van der Waals surface area (Å²) in [4.78, 5) is 2.85. The van der Waals surface area contributed by atoms with Crippen LogP contribution in [0, 0.1) is 0 Å². The molecular weight excluding hydrogens is 344 g/mol. The Morgan fingerprint density at radius 3 is 2.19 bits per heavy atom. The van der Waals surface area contributed by atoms with Crippen molar-refractivity contribution in [2.45, 2.75) is 12.8 Å². The van der Waals surface area contributed by atoms with Gasteiger partial charge in [-0.25, -0.2) is 0 Å². The molecule has 2 aromatic carbocycles. The highest BCUT2D eigenvalue weighted by atomic mass is 79.9. The van der Waals surface area contributed by atoms with Gasteiger partial charge >= 0.3 is 0 Å². The van der Waals surface area contributed by atoms with Crippen LogP contribution in [-0.2, 0) is 12.8 Å². The molecule has 2 nitrogen and oxygen atoms in total. The highest BCUT2D eigenvalue weighted by molar-refractivity contribution is 9.10. The van der Waals surface area contributed by atoms with E-state index in [0.29, 0.717) is 4.99 Å². The third-order valence-corrected chi connectivity index (χ3v) is 4.88. The van der Waals surface area contributed by atoms with Crippen molar-refractivity contribution in [2.24, 2.45) is 5.73 Å². The molecule has 0 aliphatic carbocycles. The van der Waals surface area contributed by atoms with Crippen molar-refractivity contribution in [1.29, 1.82) is 0 Å². The third-order valence-electron chi connectivity index (χ3n) is 4.00. The van der Waals surface area contributed by atoms with Crippen LogP contribution in [0.15, 0.2) is 46.9 Å². The van der Waals surface area contributed by atoms with E-state index < -0.39 is 0 Å². The number of hydrogen-bond donors (Lipinski definition) is 1. The molecule has 0 amide bonds. The van der Waals surface area contributed by atoms with Gasteiger partial charge in [0.05, 0.1) is 0 Å². The highest BCUT2D eigenvalue weighted by Crippen LogP contribution is 2.26. The first-order valence-corrected chi connectivity index (χ1v) is 8.26. The van der Waals surface area contributed by atoms with Crippen molar-refractivity contribution in [3.63, 3.8) is 0 Å². The summed E-state index contributed by atoms with van der Waals surface area (Å²) in [6.45, 7) is 2.08. The van der Waals surface area contributed by atoms with Crippen molar-refractivity contribution < 1.29 is 0 Å². The van der Waals surface area contributed by atoms with E-state index in [1.165, 1.54) is 16.8 Å². The van der Waals surface area contributed by atoms with E-state index in [1.807, 2.05) is 6.07 Å². The molecule has 0 aromatic heterocycles. The fourth-order valence-corrected chi connectivity index (χ4v) is 3.72. The summed E-state index contributed by atoms with van der Waals surface area (Å²) in [5, 5.41) is 0. The summed E-state index contributed by atoms with van der Waals surface area (Å²) in [7, 11) is 0. The molecule has 0 saturated heterocycles. The standard InChI is InChI=1S/C17H17BrN2S/c18-16-11-14(5-6-15(16)17(19)21)20-9-7-12-3-1-2-4-13(12)8-10-20/h1-6,11H,7-10H2,(H2,19,21). The summed E-state index contributed by atoms with van der Waals surface area (Å²) in [5.41, 5.74) is 10.8. The zero-order chi connectivity index (χ0) is 14.8. The second-order valence-electron chi connectivity index (χ2n) is 5.28. The highest BCUT2D eigenvalue weighted by Gasteiger charge is 2.15. The number of fused-ring (bicyclic) bond motifs is 1. The molecule has 0 atom stereocenters. The Morgan fingerprint density at radius 1 is 1.05 bits per heavy atom. The maximum atomic E-state index is 5.71. The summed E-state index contributed by atoms with van der Waals surface area (Å²) in [5.74, 6) is 0. The lowest BCUT2D eigenvalue weighted by atomic mass is 10.0. The average Bonchev–Trinajstić information content (AvgIpc) is 2.69. The van der Waals surface area contributed by atoms with Gasteiger partial charge in [-0.05, 0) is 58.1 Å². The largest absolute Gasteiger partial charge is 0.389 e. The summed E-state index contributed by atoms with van der Waals surface area (Å²) >= 11 is 8.62. The van der Waals surface area contributed by atoms with Gasteiger partial charge in [-0.2, -0.15) is 0 Å². The van der Waals surface area contributed by atoms with Crippen LogP contribution in [0.1, 0.15) is 16.7 Å². The number of rotatable bonds is 2. The Labute approximate surface area is 139 Å². The quantitative estimate of drug-likeness (QED) is 0.828. The molecule has 0 bridgehead atoms. The van der Waals surface area contributed by atoms with Crippen molar-refractivity contribution in [2.75, 3.05) is 18.0 Å². The summed E-state index contributed by atoms with van der Waals surface area (Å²) in [6.07, 6.45) is 2.18. The normalized spacial score (nSPS) is 14.4. The lowest BCUT2D eigenvalue weighted by molar-refractivity contribution is 0.805. The van der Waals surface area contributed by atoms with Gasteiger partial charge in [0.25, 0.3) is 0 Å². The van der Waals surface area contributed by atoms with E-state index in [1.54, 1.807) is 0 Å². The van der Waals surface area contributed by atoms with Crippen molar-refractivity contribution in [3.8, 4) is 0 Å².